The topological polar surface area (TPSA) is 54.7 Å². The minimum Gasteiger partial charge on any atom is -0.342 e. The maximum absolute atomic E-state index is 5.56. The minimum absolute atomic E-state index is 0.388. The molecule has 0 fully saturated rings. The molecule has 0 aliphatic rings. The van der Waals surface area contributed by atoms with Crippen molar-refractivity contribution < 1.29 is 0 Å². The number of nitrogens with zero attached hydrogens (tertiary/aromatic N) is 1. The van der Waals surface area contributed by atoms with Gasteiger partial charge in [0.25, 0.3) is 0 Å². The fraction of sp³-hybridized carbons (Fsp3) is 0.357. The molecule has 0 saturated carbocycles. The maximum Gasteiger partial charge on any atom is 0.109 e. The third-order valence-corrected chi connectivity index (χ3v) is 3.02. The van der Waals surface area contributed by atoms with Crippen molar-refractivity contribution >= 4 is 0 Å². The number of hydrogen-bond donors (Lipinski definition) is 2. The van der Waals surface area contributed by atoms with E-state index >= 15 is 0 Å². The Morgan fingerprint density at radius 3 is 2.65 bits per heavy atom. The average Bonchev–Trinajstić information content (AvgIpc) is 2.80. The number of H-pyrrole nitrogens is 1. The number of aryl methyl sites for hydroxylation is 1. The van der Waals surface area contributed by atoms with Crippen LogP contribution in [0.4, 0.5) is 0 Å². The molecule has 0 aliphatic carbocycles. The van der Waals surface area contributed by atoms with Crippen molar-refractivity contribution in [1.29, 1.82) is 0 Å². The van der Waals surface area contributed by atoms with Crippen molar-refractivity contribution in [1.82, 2.24) is 9.97 Å². The minimum atomic E-state index is 0.388. The first-order valence-corrected chi connectivity index (χ1v) is 6.02. The van der Waals surface area contributed by atoms with Crippen LogP contribution in [-0.2, 0) is 0 Å². The van der Waals surface area contributed by atoms with Gasteiger partial charge in [0.15, 0.2) is 0 Å². The van der Waals surface area contributed by atoms with Crippen LogP contribution in [0.3, 0.4) is 0 Å². The molecule has 1 aromatic heterocycles. The molecule has 3 N–H and O–H groups in total. The molecule has 0 radical (unpaired) electrons. The van der Waals surface area contributed by atoms with Crippen LogP contribution in [0.15, 0.2) is 30.5 Å². The summed E-state index contributed by atoms with van der Waals surface area (Å²) in [6, 6.07) is 8.44. The van der Waals surface area contributed by atoms with Crippen molar-refractivity contribution in [3.05, 3.63) is 41.9 Å². The molecule has 0 spiro atoms. The van der Waals surface area contributed by atoms with Crippen molar-refractivity contribution in [3.63, 3.8) is 0 Å². The van der Waals surface area contributed by atoms with Crippen LogP contribution in [0.2, 0.25) is 0 Å². The van der Waals surface area contributed by atoms with Crippen LogP contribution in [0, 0.1) is 6.92 Å². The molecule has 17 heavy (non-hydrogen) atoms. The molecule has 2 rings (SSSR count). The molecule has 3 nitrogen and oxygen atoms in total. The normalized spacial score (nSPS) is 12.6. The van der Waals surface area contributed by atoms with E-state index < -0.39 is 0 Å². The highest BCUT2D eigenvalue weighted by Gasteiger charge is 2.09. The molecule has 0 amide bonds. The Balaban J connectivity index is 2.20. The van der Waals surface area contributed by atoms with Gasteiger partial charge in [0.1, 0.15) is 5.82 Å². The molecule has 90 valence electrons. The molecular weight excluding hydrogens is 210 g/mol. The average molecular weight is 229 g/mol. The molecule has 1 aromatic carbocycles. The highest BCUT2D eigenvalue weighted by atomic mass is 14.9. The van der Waals surface area contributed by atoms with Crippen LogP contribution in [0.25, 0.3) is 11.3 Å². The van der Waals surface area contributed by atoms with Gasteiger partial charge in [0.05, 0.1) is 11.9 Å². The Morgan fingerprint density at radius 1 is 1.29 bits per heavy atom. The van der Waals surface area contributed by atoms with Gasteiger partial charge in [0.2, 0.25) is 0 Å². The van der Waals surface area contributed by atoms with Gasteiger partial charge >= 0.3 is 0 Å². The predicted molar refractivity (Wildman–Crippen MR) is 70.8 cm³/mol. The summed E-state index contributed by atoms with van der Waals surface area (Å²) in [5.74, 6) is 1.41. The summed E-state index contributed by atoms with van der Waals surface area (Å²) < 4.78 is 0. The van der Waals surface area contributed by atoms with E-state index in [4.69, 9.17) is 5.73 Å². The molecule has 0 bridgehead atoms. The summed E-state index contributed by atoms with van der Waals surface area (Å²) in [6.07, 6.45) is 2.86. The number of nitrogens with two attached hydrogens (primary N) is 1. The van der Waals surface area contributed by atoms with Crippen LogP contribution < -0.4 is 5.73 Å². The first kappa shape index (κ1) is 11.9. The van der Waals surface area contributed by atoms with E-state index in [0.29, 0.717) is 12.5 Å². The Morgan fingerprint density at radius 2 is 2.00 bits per heavy atom. The van der Waals surface area contributed by atoms with Crippen LogP contribution >= 0.6 is 0 Å². The van der Waals surface area contributed by atoms with E-state index in [9.17, 15) is 0 Å². The lowest BCUT2D eigenvalue weighted by Gasteiger charge is -2.05. The Labute approximate surface area is 102 Å². The van der Waals surface area contributed by atoms with Crippen LogP contribution in [0.1, 0.15) is 30.7 Å². The summed E-state index contributed by atoms with van der Waals surface area (Å²) in [5, 5.41) is 0. The molecule has 1 heterocycles. The number of imidazole rings is 1. The second kappa shape index (κ2) is 5.15. The standard InChI is InChI=1S/C14H19N3/c1-10-3-5-12(6-4-10)13-9-16-14(17-13)11(2)7-8-15/h3-6,9,11H,7-8,15H2,1-2H3,(H,16,17). The van der Waals surface area contributed by atoms with Crippen LogP contribution in [-0.4, -0.2) is 16.5 Å². The highest BCUT2D eigenvalue weighted by molar-refractivity contribution is 5.58. The summed E-state index contributed by atoms with van der Waals surface area (Å²) in [5.41, 5.74) is 9.08. The molecule has 2 aromatic rings. The third-order valence-electron chi connectivity index (χ3n) is 3.02. The lowest BCUT2D eigenvalue weighted by molar-refractivity contribution is 0.655. The second-order valence-corrected chi connectivity index (χ2v) is 4.53. The van der Waals surface area contributed by atoms with Crippen molar-refractivity contribution in [2.24, 2.45) is 5.73 Å². The highest BCUT2D eigenvalue weighted by Crippen LogP contribution is 2.21. The summed E-state index contributed by atoms with van der Waals surface area (Å²) >= 11 is 0. The molecule has 1 unspecified atom stereocenters. The van der Waals surface area contributed by atoms with Gasteiger partial charge in [-0.25, -0.2) is 4.98 Å². The molecule has 0 aliphatic heterocycles. The van der Waals surface area contributed by atoms with Gasteiger partial charge in [-0.05, 0) is 25.5 Å². The number of aromatic nitrogens is 2. The number of benzene rings is 1. The molecular formula is C14H19N3. The smallest absolute Gasteiger partial charge is 0.109 e. The molecule has 1 atom stereocenters. The quantitative estimate of drug-likeness (QED) is 0.847. The first-order valence-electron chi connectivity index (χ1n) is 6.02. The van der Waals surface area contributed by atoms with Gasteiger partial charge < -0.3 is 10.7 Å². The zero-order chi connectivity index (χ0) is 12.3. The number of nitrogens with one attached hydrogen (secondary N) is 1. The Kier molecular flexibility index (Phi) is 3.59. The maximum atomic E-state index is 5.56. The van der Waals surface area contributed by atoms with Crippen LogP contribution in [0.5, 0.6) is 0 Å². The fourth-order valence-electron chi connectivity index (χ4n) is 1.85. The van der Waals surface area contributed by atoms with E-state index in [1.165, 1.54) is 11.1 Å². The van der Waals surface area contributed by atoms with Crippen molar-refractivity contribution in [3.8, 4) is 11.3 Å². The van der Waals surface area contributed by atoms with E-state index in [2.05, 4.69) is 48.1 Å². The van der Waals surface area contributed by atoms with Gasteiger partial charge in [-0.1, -0.05) is 36.8 Å². The van der Waals surface area contributed by atoms with Gasteiger partial charge in [0, 0.05) is 5.92 Å². The monoisotopic (exact) mass is 229 g/mol. The Hall–Kier alpha value is -1.61. The summed E-state index contributed by atoms with van der Waals surface area (Å²) in [4.78, 5) is 7.79. The fourth-order valence-corrected chi connectivity index (χ4v) is 1.85. The van der Waals surface area contributed by atoms with Gasteiger partial charge in [-0.2, -0.15) is 0 Å². The SMILES string of the molecule is Cc1ccc(-c2cnc(C(C)CCN)[nH]2)cc1. The van der Waals surface area contributed by atoms with Crippen molar-refractivity contribution in [2.45, 2.75) is 26.2 Å². The largest absolute Gasteiger partial charge is 0.342 e. The number of rotatable bonds is 4. The van der Waals surface area contributed by atoms with E-state index in [1.54, 1.807) is 0 Å². The van der Waals surface area contributed by atoms with Gasteiger partial charge in [-0.15, -0.1) is 0 Å². The predicted octanol–water partition coefficient (Wildman–Crippen LogP) is 2.84. The zero-order valence-electron chi connectivity index (χ0n) is 10.4. The number of hydrogen-bond acceptors (Lipinski definition) is 2. The summed E-state index contributed by atoms with van der Waals surface area (Å²) in [6.45, 7) is 4.93. The number of aromatic amines is 1. The van der Waals surface area contributed by atoms with E-state index in [1.807, 2.05) is 6.20 Å². The molecule has 0 saturated heterocycles. The molecule has 3 heteroatoms. The zero-order valence-corrected chi connectivity index (χ0v) is 10.4. The lowest BCUT2D eigenvalue weighted by atomic mass is 10.1. The van der Waals surface area contributed by atoms with E-state index in [-0.39, 0.29) is 0 Å². The summed E-state index contributed by atoms with van der Waals surface area (Å²) in [7, 11) is 0. The first-order chi connectivity index (χ1) is 8.20. The third kappa shape index (κ3) is 2.74. The lowest BCUT2D eigenvalue weighted by Crippen LogP contribution is -2.05. The Bertz CT molecular complexity index is 470. The van der Waals surface area contributed by atoms with Crippen molar-refractivity contribution in [2.75, 3.05) is 6.54 Å². The van der Waals surface area contributed by atoms with E-state index in [0.717, 1.165) is 17.9 Å². The van der Waals surface area contributed by atoms with Gasteiger partial charge in [-0.3, -0.25) is 0 Å². The second-order valence-electron chi connectivity index (χ2n) is 4.53.